The lowest BCUT2D eigenvalue weighted by Crippen LogP contribution is -2.14. The molecule has 0 aromatic heterocycles. The number of rotatable bonds is 3. The van der Waals surface area contributed by atoms with Crippen LogP contribution in [0.25, 0.3) is 0 Å². The van der Waals surface area contributed by atoms with E-state index in [-0.39, 0.29) is 6.04 Å². The van der Waals surface area contributed by atoms with Crippen LogP contribution in [-0.4, -0.2) is 6.61 Å². The standard InChI is InChI=1S/C16H15BrClNO/c17-14-4-2-1-3-13(14)15(19)9-11-8-12(18)7-10-5-6-20-16(10)11/h1-4,7-8,15H,5-6,9,19H2. The minimum absolute atomic E-state index is 0.0858. The maximum atomic E-state index is 6.34. The normalized spacial score (nSPS) is 14.8. The SMILES string of the molecule is NC(Cc1cc(Cl)cc2c1OCC2)c1ccccc1Br. The molecule has 0 aliphatic carbocycles. The quantitative estimate of drug-likeness (QED) is 0.895. The molecule has 0 fully saturated rings. The number of benzene rings is 2. The number of ether oxygens (including phenoxy) is 1. The summed E-state index contributed by atoms with van der Waals surface area (Å²) < 4.78 is 6.76. The maximum Gasteiger partial charge on any atom is 0.125 e. The molecule has 1 atom stereocenters. The monoisotopic (exact) mass is 351 g/mol. The molecule has 20 heavy (non-hydrogen) atoms. The van der Waals surface area contributed by atoms with Crippen LogP contribution in [0.5, 0.6) is 5.75 Å². The molecule has 1 aliphatic heterocycles. The molecule has 1 heterocycles. The molecule has 2 nitrogen and oxygen atoms in total. The lowest BCUT2D eigenvalue weighted by atomic mass is 9.97. The van der Waals surface area contributed by atoms with Crippen molar-refractivity contribution < 1.29 is 4.74 Å². The third kappa shape index (κ3) is 2.71. The zero-order valence-corrected chi connectivity index (χ0v) is 13.2. The first-order valence-corrected chi connectivity index (χ1v) is 7.76. The van der Waals surface area contributed by atoms with Crippen LogP contribution in [0.15, 0.2) is 40.9 Å². The van der Waals surface area contributed by atoms with Crippen LogP contribution in [0.2, 0.25) is 5.02 Å². The molecule has 0 saturated heterocycles. The van der Waals surface area contributed by atoms with Gasteiger partial charge in [0.1, 0.15) is 5.75 Å². The smallest absolute Gasteiger partial charge is 0.125 e. The third-order valence-corrected chi connectivity index (χ3v) is 4.51. The molecule has 104 valence electrons. The lowest BCUT2D eigenvalue weighted by Gasteiger charge is -2.16. The molecular formula is C16H15BrClNO. The van der Waals surface area contributed by atoms with E-state index in [0.29, 0.717) is 6.42 Å². The van der Waals surface area contributed by atoms with E-state index in [1.807, 2.05) is 36.4 Å². The first kappa shape index (κ1) is 13.9. The summed E-state index contributed by atoms with van der Waals surface area (Å²) >= 11 is 9.73. The Hall–Kier alpha value is -1.03. The minimum atomic E-state index is -0.0858. The van der Waals surface area contributed by atoms with Gasteiger partial charge in [0, 0.05) is 22.0 Å². The molecule has 2 aromatic rings. The molecule has 0 bridgehead atoms. The van der Waals surface area contributed by atoms with E-state index < -0.39 is 0 Å². The summed E-state index contributed by atoms with van der Waals surface area (Å²) in [5, 5.41) is 0.753. The Morgan fingerprint density at radius 3 is 2.90 bits per heavy atom. The summed E-state index contributed by atoms with van der Waals surface area (Å²) in [5.41, 5.74) is 9.72. The molecule has 4 heteroatoms. The van der Waals surface area contributed by atoms with E-state index in [0.717, 1.165) is 39.4 Å². The predicted octanol–water partition coefficient (Wildman–Crippen LogP) is 4.28. The van der Waals surface area contributed by atoms with Crippen LogP contribution < -0.4 is 10.5 Å². The Kier molecular flexibility index (Phi) is 4.01. The molecule has 2 aromatic carbocycles. The zero-order chi connectivity index (χ0) is 14.1. The van der Waals surface area contributed by atoms with Crippen molar-refractivity contribution in [2.75, 3.05) is 6.61 Å². The highest BCUT2D eigenvalue weighted by atomic mass is 79.9. The van der Waals surface area contributed by atoms with Gasteiger partial charge in [-0.1, -0.05) is 45.7 Å². The van der Waals surface area contributed by atoms with Crippen molar-refractivity contribution in [3.63, 3.8) is 0 Å². The molecule has 1 aliphatic rings. The highest BCUT2D eigenvalue weighted by molar-refractivity contribution is 9.10. The van der Waals surface area contributed by atoms with Gasteiger partial charge in [0.25, 0.3) is 0 Å². The molecule has 0 saturated carbocycles. The Balaban J connectivity index is 1.90. The lowest BCUT2D eigenvalue weighted by molar-refractivity contribution is 0.352. The molecule has 0 amide bonds. The molecule has 2 N–H and O–H groups in total. The van der Waals surface area contributed by atoms with Gasteiger partial charge in [-0.2, -0.15) is 0 Å². The first-order valence-electron chi connectivity index (χ1n) is 6.59. The second-order valence-electron chi connectivity index (χ2n) is 4.98. The second kappa shape index (κ2) is 5.76. The van der Waals surface area contributed by atoms with Crippen LogP contribution in [-0.2, 0) is 12.8 Å². The summed E-state index contributed by atoms with van der Waals surface area (Å²) in [6.07, 6.45) is 1.64. The van der Waals surface area contributed by atoms with E-state index in [1.165, 1.54) is 5.56 Å². The molecular weight excluding hydrogens is 338 g/mol. The van der Waals surface area contributed by atoms with Gasteiger partial charge in [0.15, 0.2) is 0 Å². The van der Waals surface area contributed by atoms with Crippen molar-refractivity contribution in [2.24, 2.45) is 5.73 Å². The van der Waals surface area contributed by atoms with Crippen molar-refractivity contribution >= 4 is 27.5 Å². The molecule has 0 radical (unpaired) electrons. The summed E-state index contributed by atoms with van der Waals surface area (Å²) in [6.45, 7) is 0.729. The van der Waals surface area contributed by atoms with E-state index in [4.69, 9.17) is 22.1 Å². The van der Waals surface area contributed by atoms with E-state index in [1.54, 1.807) is 0 Å². The number of halogens is 2. The average molecular weight is 353 g/mol. The summed E-state index contributed by atoms with van der Waals surface area (Å²) in [4.78, 5) is 0. The Morgan fingerprint density at radius 2 is 2.10 bits per heavy atom. The van der Waals surface area contributed by atoms with Crippen LogP contribution in [0.3, 0.4) is 0 Å². The van der Waals surface area contributed by atoms with Crippen LogP contribution >= 0.6 is 27.5 Å². The zero-order valence-electron chi connectivity index (χ0n) is 10.9. The Morgan fingerprint density at radius 1 is 1.30 bits per heavy atom. The minimum Gasteiger partial charge on any atom is -0.493 e. The predicted molar refractivity (Wildman–Crippen MR) is 85.4 cm³/mol. The third-order valence-electron chi connectivity index (χ3n) is 3.57. The maximum absolute atomic E-state index is 6.34. The molecule has 1 unspecified atom stereocenters. The first-order chi connectivity index (χ1) is 9.65. The second-order valence-corrected chi connectivity index (χ2v) is 6.27. The number of nitrogens with two attached hydrogens (primary N) is 1. The number of hydrogen-bond acceptors (Lipinski definition) is 2. The van der Waals surface area contributed by atoms with Gasteiger partial charge in [0.05, 0.1) is 6.61 Å². The van der Waals surface area contributed by atoms with Crippen LogP contribution in [0, 0.1) is 0 Å². The van der Waals surface area contributed by atoms with Crippen LogP contribution in [0.1, 0.15) is 22.7 Å². The summed E-state index contributed by atoms with van der Waals surface area (Å²) in [5.74, 6) is 0.969. The van der Waals surface area contributed by atoms with Gasteiger partial charge in [-0.05, 0) is 41.3 Å². The topological polar surface area (TPSA) is 35.2 Å². The van der Waals surface area contributed by atoms with Crippen LogP contribution in [0.4, 0.5) is 0 Å². The van der Waals surface area contributed by atoms with Gasteiger partial charge in [-0.3, -0.25) is 0 Å². The van der Waals surface area contributed by atoms with E-state index in [2.05, 4.69) is 15.9 Å². The van der Waals surface area contributed by atoms with Gasteiger partial charge in [-0.25, -0.2) is 0 Å². The van der Waals surface area contributed by atoms with E-state index >= 15 is 0 Å². The highest BCUT2D eigenvalue weighted by Gasteiger charge is 2.20. The van der Waals surface area contributed by atoms with Crippen molar-refractivity contribution in [1.82, 2.24) is 0 Å². The van der Waals surface area contributed by atoms with Gasteiger partial charge >= 0.3 is 0 Å². The molecule has 3 rings (SSSR count). The van der Waals surface area contributed by atoms with Crippen molar-refractivity contribution in [1.29, 1.82) is 0 Å². The fourth-order valence-electron chi connectivity index (χ4n) is 2.62. The van der Waals surface area contributed by atoms with Crippen molar-refractivity contribution in [3.8, 4) is 5.75 Å². The van der Waals surface area contributed by atoms with E-state index in [9.17, 15) is 0 Å². The van der Waals surface area contributed by atoms with Gasteiger partial charge in [-0.15, -0.1) is 0 Å². The highest BCUT2D eigenvalue weighted by Crippen LogP contribution is 2.35. The average Bonchev–Trinajstić information content (AvgIpc) is 2.87. The number of fused-ring (bicyclic) bond motifs is 1. The largest absolute Gasteiger partial charge is 0.493 e. The fraction of sp³-hybridized carbons (Fsp3) is 0.250. The summed E-state index contributed by atoms with van der Waals surface area (Å²) in [6, 6.07) is 11.9. The van der Waals surface area contributed by atoms with Crippen molar-refractivity contribution in [3.05, 3.63) is 62.6 Å². The van der Waals surface area contributed by atoms with Gasteiger partial charge in [0.2, 0.25) is 0 Å². The fourth-order valence-corrected chi connectivity index (χ4v) is 3.46. The number of hydrogen-bond donors (Lipinski definition) is 1. The Labute approximate surface area is 132 Å². The molecule has 0 spiro atoms. The summed E-state index contributed by atoms with van der Waals surface area (Å²) in [7, 11) is 0. The Bertz CT molecular complexity index is 644. The van der Waals surface area contributed by atoms with Crippen molar-refractivity contribution in [2.45, 2.75) is 18.9 Å². The van der Waals surface area contributed by atoms with Gasteiger partial charge < -0.3 is 10.5 Å².